The van der Waals surface area contributed by atoms with Gasteiger partial charge in [-0.15, -0.1) is 0 Å². The van der Waals surface area contributed by atoms with Crippen LogP contribution in [0.25, 0.3) is 0 Å². The molecule has 1 aliphatic rings. The minimum Gasteiger partial charge on any atom is -0.489 e. The smallest absolute Gasteiger partial charge is 0.186 e. The van der Waals surface area contributed by atoms with Crippen LogP contribution in [-0.4, -0.2) is 64.3 Å². The maximum Gasteiger partial charge on any atom is 0.186 e. The molecule has 1 fully saturated rings. The van der Waals surface area contributed by atoms with Gasteiger partial charge in [0.1, 0.15) is 36.8 Å². The van der Waals surface area contributed by atoms with Gasteiger partial charge in [0, 0.05) is 6.61 Å². The summed E-state index contributed by atoms with van der Waals surface area (Å²) in [6.45, 7) is 0.409. The third-order valence-electron chi connectivity index (χ3n) is 5.16. The summed E-state index contributed by atoms with van der Waals surface area (Å²) in [5.41, 5.74) is 2.32. The van der Waals surface area contributed by atoms with Gasteiger partial charge in [0.25, 0.3) is 0 Å². The first-order valence-corrected chi connectivity index (χ1v) is 10.3. The second-order valence-corrected chi connectivity index (χ2v) is 7.44. The molecule has 3 rings (SSSR count). The molecule has 7 heteroatoms. The lowest BCUT2D eigenvalue weighted by molar-refractivity contribution is -0.301. The quantitative estimate of drug-likeness (QED) is 0.432. The summed E-state index contributed by atoms with van der Waals surface area (Å²) < 4.78 is 16.6. The van der Waals surface area contributed by atoms with Gasteiger partial charge in [-0.1, -0.05) is 42.5 Å². The highest BCUT2D eigenvalue weighted by atomic mass is 16.7. The summed E-state index contributed by atoms with van der Waals surface area (Å²) in [6, 6.07) is 18.0. The highest BCUT2D eigenvalue weighted by Gasteiger charge is 2.43. The molecule has 0 saturated carbocycles. The Morgan fingerprint density at radius 3 is 2.23 bits per heavy atom. The molecular formula is C23H30O7. The standard InChI is InChI=1S/C23H30O7/c24-14-19-20(25)21(26)22(27)23(30-19)28-13-5-4-6-16-9-11-18(12-10-16)29-15-17-7-2-1-3-8-17/h1-3,7-12,19-27H,4-6,13-15H2. The zero-order chi connectivity index (χ0) is 21.3. The third kappa shape index (κ3) is 6.25. The fourth-order valence-electron chi connectivity index (χ4n) is 3.33. The molecule has 1 aliphatic heterocycles. The molecule has 0 aliphatic carbocycles. The number of aryl methyl sites for hydroxylation is 1. The van der Waals surface area contributed by atoms with Crippen LogP contribution < -0.4 is 4.74 Å². The summed E-state index contributed by atoms with van der Waals surface area (Å²) in [7, 11) is 0. The molecule has 30 heavy (non-hydrogen) atoms. The number of rotatable bonds is 10. The number of aliphatic hydroxyl groups is 4. The van der Waals surface area contributed by atoms with Crippen molar-refractivity contribution in [1.82, 2.24) is 0 Å². The normalized spacial score (nSPS) is 26.5. The highest BCUT2D eigenvalue weighted by Crippen LogP contribution is 2.22. The van der Waals surface area contributed by atoms with Crippen LogP contribution in [0.2, 0.25) is 0 Å². The minimum atomic E-state index is -1.41. The van der Waals surface area contributed by atoms with Crippen molar-refractivity contribution in [2.45, 2.75) is 56.6 Å². The van der Waals surface area contributed by atoms with Gasteiger partial charge in [-0.25, -0.2) is 0 Å². The van der Waals surface area contributed by atoms with Gasteiger partial charge in [0.15, 0.2) is 6.29 Å². The predicted molar refractivity (Wildman–Crippen MR) is 110 cm³/mol. The number of ether oxygens (including phenoxy) is 3. The Balaban J connectivity index is 1.34. The zero-order valence-corrected chi connectivity index (χ0v) is 16.8. The second-order valence-electron chi connectivity index (χ2n) is 7.44. The molecule has 4 N–H and O–H groups in total. The van der Waals surface area contributed by atoms with Crippen LogP contribution >= 0.6 is 0 Å². The van der Waals surface area contributed by atoms with Gasteiger partial charge in [0.05, 0.1) is 6.61 Å². The molecule has 0 bridgehead atoms. The summed E-state index contributed by atoms with van der Waals surface area (Å²) in [5.74, 6) is 0.827. The lowest BCUT2D eigenvalue weighted by Gasteiger charge is -2.39. The van der Waals surface area contributed by atoms with Crippen molar-refractivity contribution < 1.29 is 34.6 Å². The molecular weight excluding hydrogens is 388 g/mol. The number of hydrogen-bond donors (Lipinski definition) is 4. The van der Waals surface area contributed by atoms with Gasteiger partial charge in [-0.3, -0.25) is 0 Å². The molecule has 7 nitrogen and oxygen atoms in total. The van der Waals surface area contributed by atoms with Crippen LogP contribution in [0, 0.1) is 0 Å². The molecule has 1 saturated heterocycles. The lowest BCUT2D eigenvalue weighted by Crippen LogP contribution is -2.59. The van der Waals surface area contributed by atoms with E-state index < -0.39 is 37.3 Å². The van der Waals surface area contributed by atoms with Crippen LogP contribution in [0.3, 0.4) is 0 Å². The fourth-order valence-corrected chi connectivity index (χ4v) is 3.33. The maximum absolute atomic E-state index is 9.94. The van der Waals surface area contributed by atoms with Gasteiger partial charge < -0.3 is 34.6 Å². The van der Waals surface area contributed by atoms with Crippen LogP contribution in [0.15, 0.2) is 54.6 Å². The summed E-state index contributed by atoms with van der Waals surface area (Å²) in [5, 5.41) is 38.7. The van der Waals surface area contributed by atoms with E-state index in [0.29, 0.717) is 13.2 Å². The molecule has 5 unspecified atom stereocenters. The number of hydrogen-bond acceptors (Lipinski definition) is 7. The van der Waals surface area contributed by atoms with Crippen LogP contribution in [0.1, 0.15) is 24.0 Å². The van der Waals surface area contributed by atoms with Crippen molar-refractivity contribution >= 4 is 0 Å². The monoisotopic (exact) mass is 418 g/mol. The Morgan fingerprint density at radius 2 is 1.53 bits per heavy atom. The molecule has 1 heterocycles. The Morgan fingerprint density at radius 1 is 0.800 bits per heavy atom. The van der Waals surface area contributed by atoms with E-state index in [-0.39, 0.29) is 0 Å². The fraction of sp³-hybridized carbons (Fsp3) is 0.478. The summed E-state index contributed by atoms with van der Waals surface area (Å²) in [6.07, 6.45) is -3.67. The van der Waals surface area contributed by atoms with Crippen molar-refractivity contribution in [3.8, 4) is 5.75 Å². The molecule has 5 atom stereocenters. The van der Waals surface area contributed by atoms with E-state index >= 15 is 0 Å². The van der Waals surface area contributed by atoms with Gasteiger partial charge in [-0.2, -0.15) is 0 Å². The lowest BCUT2D eigenvalue weighted by atomic mass is 9.99. The largest absolute Gasteiger partial charge is 0.489 e. The first kappa shape index (κ1) is 22.7. The minimum absolute atomic E-state index is 0.334. The third-order valence-corrected chi connectivity index (χ3v) is 5.16. The zero-order valence-electron chi connectivity index (χ0n) is 16.8. The van der Waals surface area contributed by atoms with Crippen LogP contribution in [0.5, 0.6) is 5.75 Å². The molecule has 0 radical (unpaired) electrons. The first-order valence-electron chi connectivity index (χ1n) is 10.3. The van der Waals surface area contributed by atoms with Crippen molar-refractivity contribution in [2.75, 3.05) is 13.2 Å². The van der Waals surface area contributed by atoms with Gasteiger partial charge in [0.2, 0.25) is 0 Å². The van der Waals surface area contributed by atoms with Crippen molar-refractivity contribution in [3.05, 3.63) is 65.7 Å². The predicted octanol–water partition coefficient (Wildman–Crippen LogP) is 1.40. The van der Waals surface area contributed by atoms with E-state index in [4.69, 9.17) is 14.2 Å². The van der Waals surface area contributed by atoms with Crippen molar-refractivity contribution in [2.24, 2.45) is 0 Å². The first-order chi connectivity index (χ1) is 14.6. The van der Waals surface area contributed by atoms with E-state index in [1.807, 2.05) is 54.6 Å². The van der Waals surface area contributed by atoms with Gasteiger partial charge >= 0.3 is 0 Å². The Hall–Kier alpha value is -2.00. The SMILES string of the molecule is OCC1OC(OCCCCc2ccc(OCc3ccccc3)cc2)C(O)C(O)C1O. The topological polar surface area (TPSA) is 109 Å². The molecule has 0 amide bonds. The van der Waals surface area contributed by atoms with E-state index in [1.165, 1.54) is 5.56 Å². The molecule has 164 valence electrons. The van der Waals surface area contributed by atoms with Crippen molar-refractivity contribution in [3.63, 3.8) is 0 Å². The average Bonchev–Trinajstić information content (AvgIpc) is 2.79. The van der Waals surface area contributed by atoms with E-state index in [1.54, 1.807) is 0 Å². The average molecular weight is 418 g/mol. The number of benzene rings is 2. The molecule has 0 aromatic heterocycles. The summed E-state index contributed by atoms with van der Waals surface area (Å²) in [4.78, 5) is 0. The van der Waals surface area contributed by atoms with E-state index in [0.717, 1.165) is 30.6 Å². The van der Waals surface area contributed by atoms with Gasteiger partial charge in [-0.05, 0) is 42.5 Å². The number of unbranched alkanes of at least 4 members (excludes halogenated alkanes) is 1. The molecule has 0 spiro atoms. The highest BCUT2D eigenvalue weighted by molar-refractivity contribution is 5.27. The van der Waals surface area contributed by atoms with Crippen molar-refractivity contribution in [1.29, 1.82) is 0 Å². The van der Waals surface area contributed by atoms with Crippen LogP contribution in [0.4, 0.5) is 0 Å². The maximum atomic E-state index is 9.94. The van der Waals surface area contributed by atoms with Crippen LogP contribution in [-0.2, 0) is 22.5 Å². The van der Waals surface area contributed by atoms with E-state index in [9.17, 15) is 20.4 Å². The number of aliphatic hydroxyl groups excluding tert-OH is 4. The Labute approximate surface area is 176 Å². The molecule has 2 aromatic rings. The second kappa shape index (κ2) is 11.4. The Kier molecular flexibility index (Phi) is 8.62. The Bertz CT molecular complexity index is 735. The van der Waals surface area contributed by atoms with E-state index in [2.05, 4.69) is 0 Å². The molecule has 2 aromatic carbocycles. The summed E-state index contributed by atoms with van der Waals surface area (Å²) >= 11 is 0.